The fraction of sp³-hybridized carbons (Fsp3) is 0.438. The molecule has 0 amide bonds. The van der Waals surface area contributed by atoms with Gasteiger partial charge in [-0.1, -0.05) is 38.1 Å². The Morgan fingerprint density at radius 2 is 1.74 bits per heavy atom. The summed E-state index contributed by atoms with van der Waals surface area (Å²) in [6, 6.07) is 10.9. The molecule has 0 unspecified atom stereocenters. The maximum atomic E-state index is 5.56. The van der Waals surface area contributed by atoms with Crippen LogP contribution in [-0.2, 0) is 25.8 Å². The quantitative estimate of drug-likeness (QED) is 0.864. The summed E-state index contributed by atoms with van der Waals surface area (Å²) in [5, 5.41) is 4.65. The number of nitrogens with zero attached hydrogens (tertiary/aromatic N) is 2. The van der Waals surface area contributed by atoms with Crippen LogP contribution in [-0.4, -0.2) is 16.3 Å². The summed E-state index contributed by atoms with van der Waals surface area (Å²) in [7, 11) is 0. The lowest BCUT2D eigenvalue weighted by atomic mass is 10.1. The molecule has 0 radical (unpaired) electrons. The highest BCUT2D eigenvalue weighted by molar-refractivity contribution is 5.23. The van der Waals surface area contributed by atoms with Gasteiger partial charge in [-0.25, -0.2) is 0 Å². The number of rotatable bonds is 6. The summed E-state index contributed by atoms with van der Waals surface area (Å²) in [5.41, 5.74) is 10.6. The molecule has 1 aromatic heterocycles. The first kappa shape index (κ1) is 13.8. The number of nitrogens with two attached hydrogens (primary N) is 1. The molecule has 1 aromatic carbocycles. The molecule has 0 saturated carbocycles. The SMILES string of the molecule is CCc1cc(CC)n(Cc2ccc(CCN)cc2)n1. The highest BCUT2D eigenvalue weighted by Crippen LogP contribution is 2.11. The summed E-state index contributed by atoms with van der Waals surface area (Å²) in [6.07, 6.45) is 2.97. The van der Waals surface area contributed by atoms with Gasteiger partial charge in [0.1, 0.15) is 0 Å². The van der Waals surface area contributed by atoms with Crippen molar-refractivity contribution in [2.24, 2.45) is 5.73 Å². The molecule has 0 aliphatic heterocycles. The molecule has 0 aliphatic carbocycles. The van der Waals surface area contributed by atoms with Gasteiger partial charge in [-0.05, 0) is 43.0 Å². The van der Waals surface area contributed by atoms with Crippen molar-refractivity contribution in [3.8, 4) is 0 Å². The molecular formula is C16H23N3. The molecule has 2 N–H and O–H groups in total. The minimum atomic E-state index is 0.707. The Hall–Kier alpha value is -1.61. The first-order chi connectivity index (χ1) is 9.26. The largest absolute Gasteiger partial charge is 0.330 e. The van der Waals surface area contributed by atoms with Gasteiger partial charge in [0.15, 0.2) is 0 Å². The Morgan fingerprint density at radius 1 is 1.05 bits per heavy atom. The summed E-state index contributed by atoms with van der Waals surface area (Å²) in [5.74, 6) is 0. The number of hydrogen-bond donors (Lipinski definition) is 1. The van der Waals surface area contributed by atoms with Crippen molar-refractivity contribution in [1.29, 1.82) is 0 Å². The van der Waals surface area contributed by atoms with Gasteiger partial charge >= 0.3 is 0 Å². The van der Waals surface area contributed by atoms with Crippen molar-refractivity contribution in [2.45, 2.75) is 39.7 Å². The summed E-state index contributed by atoms with van der Waals surface area (Å²) >= 11 is 0. The molecule has 2 rings (SSSR count). The first-order valence-electron chi connectivity index (χ1n) is 7.10. The molecule has 0 bridgehead atoms. The predicted molar refractivity (Wildman–Crippen MR) is 79.3 cm³/mol. The topological polar surface area (TPSA) is 43.8 Å². The molecular weight excluding hydrogens is 234 g/mol. The Labute approximate surface area is 115 Å². The van der Waals surface area contributed by atoms with Gasteiger partial charge in [0, 0.05) is 5.69 Å². The average molecular weight is 257 g/mol. The van der Waals surface area contributed by atoms with Crippen molar-refractivity contribution in [1.82, 2.24) is 9.78 Å². The smallest absolute Gasteiger partial charge is 0.0662 e. The maximum absolute atomic E-state index is 5.56. The molecule has 3 heteroatoms. The molecule has 3 nitrogen and oxygen atoms in total. The third-order valence-corrected chi connectivity index (χ3v) is 3.43. The van der Waals surface area contributed by atoms with E-state index in [1.165, 1.54) is 22.5 Å². The zero-order chi connectivity index (χ0) is 13.7. The van der Waals surface area contributed by atoms with Crippen molar-refractivity contribution in [3.63, 3.8) is 0 Å². The summed E-state index contributed by atoms with van der Waals surface area (Å²) in [4.78, 5) is 0. The third kappa shape index (κ3) is 3.44. The lowest BCUT2D eigenvalue weighted by molar-refractivity contribution is 0.640. The summed E-state index contributed by atoms with van der Waals surface area (Å²) in [6.45, 7) is 5.88. The molecule has 0 fully saturated rings. The highest BCUT2D eigenvalue weighted by atomic mass is 15.3. The van der Waals surface area contributed by atoms with Crippen LogP contribution in [0.5, 0.6) is 0 Å². The second kappa shape index (κ2) is 6.53. The van der Waals surface area contributed by atoms with Crippen LogP contribution in [0.1, 0.15) is 36.4 Å². The number of aryl methyl sites for hydroxylation is 2. The first-order valence-corrected chi connectivity index (χ1v) is 7.10. The number of benzene rings is 1. The Kier molecular flexibility index (Phi) is 4.74. The van der Waals surface area contributed by atoms with E-state index in [2.05, 4.69) is 54.0 Å². The minimum Gasteiger partial charge on any atom is -0.330 e. The van der Waals surface area contributed by atoms with Crippen LogP contribution in [0.2, 0.25) is 0 Å². The third-order valence-electron chi connectivity index (χ3n) is 3.43. The number of aromatic nitrogens is 2. The van der Waals surface area contributed by atoms with E-state index in [0.717, 1.165) is 25.8 Å². The Morgan fingerprint density at radius 3 is 2.32 bits per heavy atom. The average Bonchev–Trinajstić information content (AvgIpc) is 2.83. The van der Waals surface area contributed by atoms with Gasteiger partial charge in [0.25, 0.3) is 0 Å². The number of hydrogen-bond acceptors (Lipinski definition) is 2. The van der Waals surface area contributed by atoms with E-state index in [1.54, 1.807) is 0 Å². The van der Waals surface area contributed by atoms with E-state index in [4.69, 9.17) is 5.73 Å². The molecule has 102 valence electrons. The predicted octanol–water partition coefficient (Wildman–Crippen LogP) is 2.56. The second-order valence-electron chi connectivity index (χ2n) is 4.85. The van der Waals surface area contributed by atoms with E-state index >= 15 is 0 Å². The van der Waals surface area contributed by atoms with Gasteiger partial charge < -0.3 is 5.73 Å². The van der Waals surface area contributed by atoms with Crippen molar-refractivity contribution < 1.29 is 0 Å². The van der Waals surface area contributed by atoms with Crippen LogP contribution in [0.15, 0.2) is 30.3 Å². The fourth-order valence-corrected chi connectivity index (χ4v) is 2.26. The minimum absolute atomic E-state index is 0.707. The van der Waals surface area contributed by atoms with E-state index in [1.807, 2.05) is 0 Å². The van der Waals surface area contributed by atoms with Gasteiger partial charge in [-0.2, -0.15) is 5.10 Å². The van der Waals surface area contributed by atoms with Gasteiger partial charge in [-0.3, -0.25) is 4.68 Å². The zero-order valence-electron chi connectivity index (χ0n) is 11.9. The molecule has 0 saturated heterocycles. The lowest BCUT2D eigenvalue weighted by Gasteiger charge is -2.07. The standard InChI is InChI=1S/C16H23N3/c1-3-15-11-16(4-2)19(18-15)12-14-7-5-13(6-8-14)9-10-17/h5-8,11H,3-4,9-10,12,17H2,1-2H3. The second-order valence-corrected chi connectivity index (χ2v) is 4.85. The normalized spacial score (nSPS) is 10.9. The van der Waals surface area contributed by atoms with Crippen LogP contribution in [0.3, 0.4) is 0 Å². The van der Waals surface area contributed by atoms with E-state index < -0.39 is 0 Å². The monoisotopic (exact) mass is 257 g/mol. The van der Waals surface area contributed by atoms with E-state index in [-0.39, 0.29) is 0 Å². The van der Waals surface area contributed by atoms with Gasteiger partial charge in [0.2, 0.25) is 0 Å². The molecule has 0 atom stereocenters. The van der Waals surface area contributed by atoms with E-state index in [9.17, 15) is 0 Å². The van der Waals surface area contributed by atoms with E-state index in [0.29, 0.717) is 6.54 Å². The molecule has 2 aromatic rings. The van der Waals surface area contributed by atoms with Crippen molar-refractivity contribution in [3.05, 3.63) is 52.8 Å². The maximum Gasteiger partial charge on any atom is 0.0662 e. The van der Waals surface area contributed by atoms with Gasteiger partial charge in [-0.15, -0.1) is 0 Å². The molecule has 0 aliphatic rings. The molecule has 19 heavy (non-hydrogen) atoms. The fourth-order valence-electron chi connectivity index (χ4n) is 2.26. The van der Waals surface area contributed by atoms with Crippen molar-refractivity contribution >= 4 is 0 Å². The van der Waals surface area contributed by atoms with Crippen molar-refractivity contribution in [2.75, 3.05) is 6.54 Å². The zero-order valence-corrected chi connectivity index (χ0v) is 11.9. The lowest BCUT2D eigenvalue weighted by Crippen LogP contribution is -2.06. The highest BCUT2D eigenvalue weighted by Gasteiger charge is 2.05. The van der Waals surface area contributed by atoms with Crippen LogP contribution in [0.25, 0.3) is 0 Å². The van der Waals surface area contributed by atoms with Crippen LogP contribution < -0.4 is 5.73 Å². The molecule has 1 heterocycles. The molecule has 0 spiro atoms. The Bertz CT molecular complexity index is 511. The van der Waals surface area contributed by atoms with Gasteiger partial charge in [0.05, 0.1) is 12.2 Å². The van der Waals surface area contributed by atoms with Crippen LogP contribution >= 0.6 is 0 Å². The Balaban J connectivity index is 2.13. The summed E-state index contributed by atoms with van der Waals surface area (Å²) < 4.78 is 2.12. The van der Waals surface area contributed by atoms with Crippen LogP contribution in [0, 0.1) is 0 Å². The van der Waals surface area contributed by atoms with Crippen LogP contribution in [0.4, 0.5) is 0 Å².